The van der Waals surface area contributed by atoms with Crippen LogP contribution in [0.1, 0.15) is 135 Å². The predicted octanol–water partition coefficient (Wildman–Crippen LogP) is 7.56. The molecule has 0 bridgehead atoms. The van der Waals surface area contributed by atoms with Crippen molar-refractivity contribution in [2.75, 3.05) is 13.2 Å². The van der Waals surface area contributed by atoms with Gasteiger partial charge in [-0.2, -0.15) is 0 Å². The summed E-state index contributed by atoms with van der Waals surface area (Å²) < 4.78 is 5.50. The number of esters is 1. The van der Waals surface area contributed by atoms with Gasteiger partial charge < -0.3 is 10.5 Å². The average Bonchev–Trinajstić information content (AvgIpc) is 2.75. The first-order chi connectivity index (χ1) is 14.3. The molecule has 0 unspecified atom stereocenters. The molecule has 172 valence electrons. The van der Waals surface area contributed by atoms with Crippen molar-refractivity contribution in [1.29, 1.82) is 0 Å². The van der Waals surface area contributed by atoms with E-state index in [4.69, 9.17) is 10.5 Å². The van der Waals surface area contributed by atoms with E-state index >= 15 is 0 Å². The van der Waals surface area contributed by atoms with E-state index in [1.54, 1.807) is 0 Å². The van der Waals surface area contributed by atoms with Gasteiger partial charge in [0.25, 0.3) is 0 Å². The van der Waals surface area contributed by atoms with Crippen molar-refractivity contribution >= 4 is 5.97 Å². The summed E-state index contributed by atoms with van der Waals surface area (Å²) in [6, 6.07) is 0. The Kier molecular flexibility index (Phi) is 17.7. The summed E-state index contributed by atoms with van der Waals surface area (Å²) in [5.74, 6) is 0.805. The highest BCUT2D eigenvalue weighted by atomic mass is 16.5. The first kappa shape index (κ1) is 26.5. The fourth-order valence-corrected chi connectivity index (χ4v) is 4.57. The molecule has 1 aliphatic rings. The van der Waals surface area contributed by atoms with Gasteiger partial charge in [-0.3, -0.25) is 4.79 Å². The van der Waals surface area contributed by atoms with Crippen LogP contribution in [0.4, 0.5) is 0 Å². The lowest BCUT2D eigenvalue weighted by Crippen LogP contribution is -2.27. The maximum Gasteiger partial charge on any atom is 0.308 e. The van der Waals surface area contributed by atoms with Crippen LogP contribution in [-0.4, -0.2) is 19.1 Å². The zero-order valence-corrected chi connectivity index (χ0v) is 19.6. The van der Waals surface area contributed by atoms with Crippen molar-refractivity contribution in [3.8, 4) is 0 Å². The number of rotatable bonds is 19. The molecule has 1 aliphatic carbocycles. The summed E-state index contributed by atoms with van der Waals surface area (Å²) in [5, 5.41) is 0. The highest BCUT2D eigenvalue weighted by Crippen LogP contribution is 2.29. The van der Waals surface area contributed by atoms with Crippen molar-refractivity contribution in [3.63, 3.8) is 0 Å². The van der Waals surface area contributed by atoms with Gasteiger partial charge in [0.2, 0.25) is 0 Å². The van der Waals surface area contributed by atoms with Crippen LogP contribution in [0.25, 0.3) is 0 Å². The molecule has 29 heavy (non-hydrogen) atoms. The Hall–Kier alpha value is -0.570. The van der Waals surface area contributed by atoms with E-state index in [0.717, 1.165) is 38.6 Å². The van der Waals surface area contributed by atoms with Crippen LogP contribution in [0.5, 0.6) is 0 Å². The van der Waals surface area contributed by atoms with Crippen LogP contribution in [-0.2, 0) is 9.53 Å². The summed E-state index contributed by atoms with van der Waals surface area (Å²) in [4.78, 5) is 12.1. The van der Waals surface area contributed by atoms with E-state index in [9.17, 15) is 4.79 Å². The molecule has 0 radical (unpaired) electrons. The number of nitrogens with two attached hydrogens (primary N) is 1. The van der Waals surface area contributed by atoms with Crippen molar-refractivity contribution in [3.05, 3.63) is 0 Å². The molecule has 0 heterocycles. The molecule has 0 spiro atoms. The number of carbonyl (C=O) groups is 1. The normalized spacial score (nSPS) is 19.4. The molecule has 0 aromatic rings. The number of ether oxygens (including phenoxy) is 1. The SMILES string of the molecule is CCCCCCCCCCCCCCCCCCOC(=O)C1CCC(CN)CC1. The number of carbonyl (C=O) groups excluding carboxylic acids is 1. The van der Waals surface area contributed by atoms with Gasteiger partial charge in [0, 0.05) is 0 Å². The van der Waals surface area contributed by atoms with Crippen LogP contribution >= 0.6 is 0 Å². The van der Waals surface area contributed by atoms with Gasteiger partial charge in [-0.1, -0.05) is 103 Å². The Labute approximate surface area is 181 Å². The monoisotopic (exact) mass is 409 g/mol. The van der Waals surface area contributed by atoms with Gasteiger partial charge in [-0.05, 0) is 44.6 Å². The van der Waals surface area contributed by atoms with Gasteiger partial charge in [0.1, 0.15) is 0 Å². The topological polar surface area (TPSA) is 52.3 Å². The van der Waals surface area contributed by atoms with Gasteiger partial charge >= 0.3 is 5.97 Å². The van der Waals surface area contributed by atoms with Gasteiger partial charge in [-0.15, -0.1) is 0 Å². The van der Waals surface area contributed by atoms with E-state index in [2.05, 4.69) is 6.92 Å². The Bertz CT molecular complexity index is 364. The summed E-state index contributed by atoms with van der Waals surface area (Å²) in [5.41, 5.74) is 5.72. The summed E-state index contributed by atoms with van der Waals surface area (Å²) in [6.07, 6.45) is 26.0. The van der Waals surface area contributed by atoms with Crippen molar-refractivity contribution < 1.29 is 9.53 Å². The second kappa shape index (κ2) is 19.4. The minimum Gasteiger partial charge on any atom is -0.465 e. The lowest BCUT2D eigenvalue weighted by molar-refractivity contribution is -0.150. The molecular formula is C26H51NO2. The standard InChI is InChI=1S/C26H51NO2/c1-2-3-4-5-6-7-8-9-10-11-12-13-14-15-16-17-22-29-26(28)25-20-18-24(23-27)19-21-25/h24-25H,2-23,27H2,1H3. The zero-order valence-electron chi connectivity index (χ0n) is 19.6. The molecule has 2 N–H and O–H groups in total. The third-order valence-electron chi connectivity index (χ3n) is 6.76. The van der Waals surface area contributed by atoms with Crippen molar-refractivity contribution in [1.82, 2.24) is 0 Å². The third-order valence-corrected chi connectivity index (χ3v) is 6.76. The van der Waals surface area contributed by atoms with Crippen LogP contribution < -0.4 is 5.73 Å². The van der Waals surface area contributed by atoms with Crippen molar-refractivity contribution in [2.45, 2.75) is 135 Å². The highest BCUT2D eigenvalue weighted by molar-refractivity contribution is 5.72. The predicted molar refractivity (Wildman–Crippen MR) is 125 cm³/mol. The van der Waals surface area contributed by atoms with E-state index in [0.29, 0.717) is 12.5 Å². The molecule has 1 saturated carbocycles. The smallest absolute Gasteiger partial charge is 0.308 e. The van der Waals surface area contributed by atoms with E-state index in [1.807, 2.05) is 0 Å². The molecule has 0 atom stereocenters. The second-order valence-electron chi connectivity index (χ2n) is 9.42. The van der Waals surface area contributed by atoms with Crippen LogP contribution in [0.15, 0.2) is 0 Å². The van der Waals surface area contributed by atoms with Gasteiger partial charge in [0.15, 0.2) is 0 Å². The molecule has 0 aliphatic heterocycles. The fourth-order valence-electron chi connectivity index (χ4n) is 4.57. The van der Waals surface area contributed by atoms with E-state index in [-0.39, 0.29) is 11.9 Å². The maximum absolute atomic E-state index is 12.1. The molecular weight excluding hydrogens is 358 g/mol. The fraction of sp³-hybridized carbons (Fsp3) is 0.962. The third kappa shape index (κ3) is 15.0. The summed E-state index contributed by atoms with van der Waals surface area (Å²) in [7, 11) is 0. The van der Waals surface area contributed by atoms with E-state index in [1.165, 1.54) is 96.3 Å². The second-order valence-corrected chi connectivity index (χ2v) is 9.42. The summed E-state index contributed by atoms with van der Waals surface area (Å²) >= 11 is 0. The lowest BCUT2D eigenvalue weighted by atomic mass is 9.82. The van der Waals surface area contributed by atoms with Crippen LogP contribution in [0, 0.1) is 11.8 Å². The number of hydrogen-bond donors (Lipinski definition) is 1. The minimum atomic E-state index is 0.0430. The van der Waals surface area contributed by atoms with Gasteiger partial charge in [-0.25, -0.2) is 0 Å². The number of hydrogen-bond acceptors (Lipinski definition) is 3. The molecule has 1 rings (SSSR count). The Morgan fingerprint density at radius 2 is 1.10 bits per heavy atom. The van der Waals surface area contributed by atoms with Crippen LogP contribution in [0.3, 0.4) is 0 Å². The largest absolute Gasteiger partial charge is 0.465 e. The van der Waals surface area contributed by atoms with Gasteiger partial charge in [0.05, 0.1) is 12.5 Å². The lowest BCUT2D eigenvalue weighted by Gasteiger charge is -2.26. The maximum atomic E-state index is 12.1. The number of unbranched alkanes of at least 4 members (excludes halogenated alkanes) is 15. The van der Waals surface area contributed by atoms with Crippen molar-refractivity contribution in [2.24, 2.45) is 17.6 Å². The Morgan fingerprint density at radius 3 is 1.52 bits per heavy atom. The molecule has 1 fully saturated rings. The molecule has 3 nitrogen and oxygen atoms in total. The molecule has 0 amide bonds. The van der Waals surface area contributed by atoms with Crippen LogP contribution in [0.2, 0.25) is 0 Å². The highest BCUT2D eigenvalue weighted by Gasteiger charge is 2.26. The average molecular weight is 410 g/mol. The van der Waals surface area contributed by atoms with E-state index < -0.39 is 0 Å². The molecule has 0 aromatic carbocycles. The first-order valence-corrected chi connectivity index (χ1v) is 13.1. The first-order valence-electron chi connectivity index (χ1n) is 13.1. The minimum absolute atomic E-state index is 0.0430. The molecule has 0 aromatic heterocycles. The Morgan fingerprint density at radius 1 is 0.690 bits per heavy atom. The quantitative estimate of drug-likeness (QED) is 0.177. The molecule has 3 heteroatoms. The summed E-state index contributed by atoms with van der Waals surface area (Å²) in [6.45, 7) is 3.67. The molecule has 0 saturated heterocycles. The Balaban J connectivity index is 1.75. The zero-order chi connectivity index (χ0) is 21.0.